The quantitative estimate of drug-likeness (QED) is 0.149. The van der Waals surface area contributed by atoms with Gasteiger partial charge in [0.05, 0.1) is 95.1 Å². The summed E-state index contributed by atoms with van der Waals surface area (Å²) in [4.78, 5) is 0. The molecule has 0 saturated heterocycles. The standard InChI is InChI=1S/C71H32F24N4/c1-33-20-40(64(72,73)74)6-15-45(33)34-2-11-50-51-12-3-35(47-17-8-42(66(78,79)80)27-55(47)69(87,88)89)23-60(51)98(59(50)22-34)58-30-54(46-16-7-41(65(75,76)77)21-38(46)31-96)63(26-39(58)32-97)99-61-24-36(48-18-9-43(67(81,82)83)28-56(48)70(90,91)92)4-13-52(61)53-14-5-37(25-62(53)99)49-19-10-44(68(84,85)86)29-57(49)71(93,94)95/h2-30H,1H3. The smallest absolute Gasteiger partial charge is 0.309 e. The van der Waals surface area contributed by atoms with Crippen LogP contribution in [0.25, 0.3) is 111 Å². The van der Waals surface area contributed by atoms with Crippen molar-refractivity contribution >= 4 is 43.6 Å². The Morgan fingerprint density at radius 1 is 0.253 bits per heavy atom. The Balaban J connectivity index is 1.25. The van der Waals surface area contributed by atoms with Gasteiger partial charge in [0, 0.05) is 32.7 Å². The molecular formula is C71H32F24N4. The van der Waals surface area contributed by atoms with Crippen LogP contribution in [0.3, 0.4) is 0 Å². The van der Waals surface area contributed by atoms with Crippen LogP contribution in [-0.4, -0.2) is 9.13 Å². The molecule has 504 valence electrons. The van der Waals surface area contributed by atoms with Gasteiger partial charge in [-0.15, -0.1) is 0 Å². The molecule has 0 amide bonds. The predicted molar refractivity (Wildman–Crippen MR) is 316 cm³/mol. The van der Waals surface area contributed by atoms with Gasteiger partial charge in [-0.3, -0.25) is 0 Å². The van der Waals surface area contributed by atoms with E-state index in [0.717, 1.165) is 89.5 Å². The number of aryl methyl sites for hydroxylation is 1. The fourth-order valence-electron chi connectivity index (χ4n) is 12.3. The molecule has 0 bridgehead atoms. The van der Waals surface area contributed by atoms with Gasteiger partial charge in [-0.25, -0.2) is 0 Å². The minimum Gasteiger partial charge on any atom is -0.309 e. The predicted octanol–water partition coefficient (Wildman–Crippen LogP) is 24.4. The summed E-state index contributed by atoms with van der Waals surface area (Å²) in [5.41, 5.74) is -21.7. The Bertz CT molecular complexity index is 5280. The summed E-state index contributed by atoms with van der Waals surface area (Å²) in [6, 6.07) is 25.3. The van der Waals surface area contributed by atoms with Crippen molar-refractivity contribution in [3.05, 3.63) is 237 Å². The minimum absolute atomic E-state index is 0.0187. The van der Waals surface area contributed by atoms with Gasteiger partial charge in [0.25, 0.3) is 0 Å². The molecule has 12 aromatic rings. The third kappa shape index (κ3) is 12.3. The fraction of sp³-hybridized carbons (Fsp3) is 0.127. The second-order valence-electron chi connectivity index (χ2n) is 22.8. The van der Waals surface area contributed by atoms with Gasteiger partial charge in [0.1, 0.15) is 6.07 Å². The Morgan fingerprint density at radius 3 is 0.838 bits per heavy atom. The molecular weight excluding hydrogens is 1360 g/mol. The number of benzene rings is 10. The number of nitrogens with zero attached hydrogens (tertiary/aromatic N) is 4. The number of aromatic nitrogens is 2. The van der Waals surface area contributed by atoms with E-state index in [4.69, 9.17) is 0 Å². The molecule has 0 aliphatic rings. The van der Waals surface area contributed by atoms with Gasteiger partial charge in [0.15, 0.2) is 0 Å². The average Bonchev–Trinajstić information content (AvgIpc) is 1.60. The van der Waals surface area contributed by atoms with Crippen molar-refractivity contribution in [1.29, 1.82) is 10.5 Å². The van der Waals surface area contributed by atoms with Crippen LogP contribution in [0.5, 0.6) is 0 Å². The first-order chi connectivity index (χ1) is 45.9. The molecule has 0 spiro atoms. The van der Waals surface area contributed by atoms with Crippen LogP contribution in [0.15, 0.2) is 176 Å². The van der Waals surface area contributed by atoms with E-state index in [-0.39, 0.29) is 78.5 Å². The number of alkyl halides is 24. The zero-order chi connectivity index (χ0) is 72.0. The van der Waals surface area contributed by atoms with Crippen LogP contribution in [0, 0.1) is 29.6 Å². The van der Waals surface area contributed by atoms with Crippen LogP contribution < -0.4 is 0 Å². The lowest BCUT2D eigenvalue weighted by molar-refractivity contribution is -0.144. The lowest BCUT2D eigenvalue weighted by atomic mass is 9.93. The van der Waals surface area contributed by atoms with E-state index in [0.29, 0.717) is 48.5 Å². The van der Waals surface area contributed by atoms with Crippen molar-refractivity contribution in [2.75, 3.05) is 0 Å². The van der Waals surface area contributed by atoms with Crippen molar-refractivity contribution in [3.63, 3.8) is 0 Å². The number of rotatable bonds is 7. The molecule has 2 aromatic heterocycles. The molecule has 0 saturated carbocycles. The number of fused-ring (bicyclic) bond motifs is 6. The van der Waals surface area contributed by atoms with Crippen LogP contribution >= 0.6 is 0 Å². The maximum Gasteiger partial charge on any atom is 0.417 e. The summed E-state index contributed by atoms with van der Waals surface area (Å²) in [5.74, 6) is 0. The molecule has 0 aliphatic heterocycles. The minimum atomic E-state index is -5.55. The van der Waals surface area contributed by atoms with Crippen molar-refractivity contribution in [1.82, 2.24) is 9.13 Å². The number of halogens is 24. The third-order valence-corrected chi connectivity index (χ3v) is 16.8. The molecule has 0 aliphatic carbocycles. The summed E-state index contributed by atoms with van der Waals surface area (Å²) >= 11 is 0. The largest absolute Gasteiger partial charge is 0.417 e. The second-order valence-corrected chi connectivity index (χ2v) is 22.8. The number of hydrogen-bond acceptors (Lipinski definition) is 2. The Kier molecular flexibility index (Phi) is 15.9. The van der Waals surface area contributed by atoms with Gasteiger partial charge in [-0.05, 0) is 154 Å². The lowest BCUT2D eigenvalue weighted by Crippen LogP contribution is -2.12. The topological polar surface area (TPSA) is 57.4 Å². The van der Waals surface area contributed by atoms with Gasteiger partial charge in [-0.1, -0.05) is 78.9 Å². The van der Waals surface area contributed by atoms with Gasteiger partial charge in [-0.2, -0.15) is 116 Å². The maximum atomic E-state index is 15.0. The molecule has 12 rings (SSSR count). The van der Waals surface area contributed by atoms with Crippen LogP contribution in [0.2, 0.25) is 0 Å². The monoisotopic (exact) mass is 1400 g/mol. The summed E-state index contributed by atoms with van der Waals surface area (Å²) in [5, 5.41) is 22.4. The highest BCUT2D eigenvalue weighted by atomic mass is 19.4. The Hall–Kier alpha value is -10.9. The van der Waals surface area contributed by atoms with E-state index in [1.165, 1.54) is 35.8 Å². The van der Waals surface area contributed by atoms with Gasteiger partial charge >= 0.3 is 49.4 Å². The van der Waals surface area contributed by atoms with E-state index in [1.807, 2.05) is 6.07 Å². The highest BCUT2D eigenvalue weighted by Gasteiger charge is 2.43. The second kappa shape index (κ2) is 23.1. The van der Waals surface area contributed by atoms with E-state index >= 15 is 26.3 Å². The SMILES string of the molecule is Cc1cc(C(F)(F)F)ccc1-c1ccc2c3ccc(-c4ccc(C(F)(F)F)cc4C(F)(F)F)cc3n(-c3cc(-c4ccc(C(F)(F)F)cc4C#N)c(-n4c5cc(-c6ccc(C(F)(F)F)cc6C(F)(F)F)ccc5c5ccc(-c6ccc(C(F)(F)F)cc6C(F)(F)F)cc54)cc3C#N)c2c1. The molecule has 99 heavy (non-hydrogen) atoms. The van der Waals surface area contributed by atoms with E-state index in [1.54, 1.807) is 6.07 Å². The Labute approximate surface area is 539 Å². The molecule has 0 radical (unpaired) electrons. The summed E-state index contributed by atoms with van der Waals surface area (Å²) in [7, 11) is 0. The lowest BCUT2D eigenvalue weighted by Gasteiger charge is -2.21. The maximum absolute atomic E-state index is 15.0. The van der Waals surface area contributed by atoms with Crippen molar-refractivity contribution in [3.8, 4) is 79.1 Å². The van der Waals surface area contributed by atoms with E-state index < -0.39 is 161 Å². The van der Waals surface area contributed by atoms with Crippen molar-refractivity contribution in [2.24, 2.45) is 0 Å². The zero-order valence-corrected chi connectivity index (χ0v) is 49.1. The molecule has 0 unspecified atom stereocenters. The van der Waals surface area contributed by atoms with Gasteiger partial charge in [0.2, 0.25) is 0 Å². The molecule has 10 aromatic carbocycles. The zero-order valence-electron chi connectivity index (χ0n) is 49.1. The average molecular weight is 1400 g/mol. The van der Waals surface area contributed by atoms with Crippen LogP contribution in [0.4, 0.5) is 105 Å². The number of nitriles is 2. The summed E-state index contributed by atoms with van der Waals surface area (Å²) in [6.07, 6.45) is -42.6. The Morgan fingerprint density at radius 2 is 0.535 bits per heavy atom. The molecule has 28 heteroatoms. The first kappa shape index (κ1) is 68.1. The molecule has 2 heterocycles. The van der Waals surface area contributed by atoms with Crippen molar-refractivity contribution < 1.29 is 105 Å². The summed E-state index contributed by atoms with van der Waals surface area (Å²) in [6.45, 7) is 1.31. The molecule has 4 nitrogen and oxygen atoms in total. The normalized spacial score (nSPS) is 13.1. The first-order valence-corrected chi connectivity index (χ1v) is 28.4. The molecule has 0 N–H and O–H groups in total. The number of hydrogen-bond donors (Lipinski definition) is 0. The summed E-state index contributed by atoms with van der Waals surface area (Å²) < 4.78 is 350. The molecule has 0 atom stereocenters. The highest BCUT2D eigenvalue weighted by molar-refractivity contribution is 6.14. The van der Waals surface area contributed by atoms with Crippen LogP contribution in [-0.2, 0) is 49.4 Å². The van der Waals surface area contributed by atoms with Crippen LogP contribution in [0.1, 0.15) is 61.2 Å². The molecule has 0 fully saturated rings. The van der Waals surface area contributed by atoms with E-state index in [2.05, 4.69) is 0 Å². The van der Waals surface area contributed by atoms with Crippen molar-refractivity contribution in [2.45, 2.75) is 56.3 Å². The first-order valence-electron chi connectivity index (χ1n) is 28.4. The van der Waals surface area contributed by atoms with Gasteiger partial charge < -0.3 is 9.13 Å². The fourth-order valence-corrected chi connectivity index (χ4v) is 12.3. The highest BCUT2D eigenvalue weighted by Crippen LogP contribution is 2.50. The third-order valence-electron chi connectivity index (χ3n) is 16.8. The van der Waals surface area contributed by atoms with E-state index in [9.17, 15) is 89.6 Å².